The minimum atomic E-state index is -0.336. The first-order chi connectivity index (χ1) is 11.1. The number of aromatic amines is 1. The second-order valence-electron chi connectivity index (χ2n) is 5.51. The quantitative estimate of drug-likeness (QED) is 0.563. The summed E-state index contributed by atoms with van der Waals surface area (Å²) in [6.45, 7) is 5.16. The summed E-state index contributed by atoms with van der Waals surface area (Å²) in [4.78, 5) is 11.7. The maximum atomic E-state index is 11.7. The molecule has 126 valence electrons. The summed E-state index contributed by atoms with van der Waals surface area (Å²) in [6, 6.07) is 5.99. The number of rotatable bonds is 8. The molecule has 2 N–H and O–H groups in total. The molecule has 2 aromatic rings. The van der Waals surface area contributed by atoms with E-state index >= 15 is 0 Å². The van der Waals surface area contributed by atoms with Crippen LogP contribution in [0.15, 0.2) is 27.5 Å². The maximum Gasteiger partial charge on any atom is 0.431 e. The topological polar surface area (TPSA) is 80.4 Å². The Morgan fingerprint density at radius 1 is 1.26 bits per heavy atom. The van der Waals surface area contributed by atoms with Crippen molar-refractivity contribution >= 4 is 0 Å². The Labute approximate surface area is 135 Å². The lowest BCUT2D eigenvalue weighted by molar-refractivity contribution is -0.785. The third-order valence-electron chi connectivity index (χ3n) is 3.61. The Bertz CT molecular complexity index is 691. The highest BCUT2D eigenvalue weighted by Crippen LogP contribution is 2.27. The molecular weight excluding hydrogens is 298 g/mol. The second-order valence-corrected chi connectivity index (χ2v) is 5.51. The zero-order chi connectivity index (χ0) is 16.8. The third-order valence-corrected chi connectivity index (χ3v) is 3.61. The van der Waals surface area contributed by atoms with E-state index < -0.39 is 0 Å². The molecular formula is C16H24N3O4+. The molecule has 0 aliphatic heterocycles. The molecule has 1 heterocycles. The van der Waals surface area contributed by atoms with E-state index in [0.717, 1.165) is 18.5 Å². The van der Waals surface area contributed by atoms with Crippen LogP contribution in [0.25, 0.3) is 0 Å². The number of H-pyrrole nitrogens is 1. The Morgan fingerprint density at radius 2 is 2.00 bits per heavy atom. The monoisotopic (exact) mass is 322 g/mol. The van der Waals surface area contributed by atoms with Gasteiger partial charge in [0.1, 0.15) is 0 Å². The van der Waals surface area contributed by atoms with Gasteiger partial charge >= 0.3 is 11.3 Å². The highest BCUT2D eigenvalue weighted by molar-refractivity contribution is 5.42. The lowest BCUT2D eigenvalue weighted by Crippen LogP contribution is -2.45. The minimum absolute atomic E-state index is 0.143. The number of hydrogen-bond acceptors (Lipinski definition) is 5. The van der Waals surface area contributed by atoms with Crippen molar-refractivity contribution in [1.29, 1.82) is 0 Å². The maximum absolute atomic E-state index is 11.7. The van der Waals surface area contributed by atoms with E-state index in [-0.39, 0.29) is 11.7 Å². The normalized spacial score (nSPS) is 11.0. The first-order valence-electron chi connectivity index (χ1n) is 7.60. The van der Waals surface area contributed by atoms with Gasteiger partial charge in [0, 0.05) is 0 Å². The van der Waals surface area contributed by atoms with Crippen LogP contribution in [0.2, 0.25) is 0 Å². The van der Waals surface area contributed by atoms with Gasteiger partial charge in [-0.25, -0.2) is 4.79 Å². The summed E-state index contributed by atoms with van der Waals surface area (Å²) in [5.41, 5.74) is 1.39. The molecule has 0 bridgehead atoms. The number of ether oxygens (including phenoxy) is 2. The Kier molecular flexibility index (Phi) is 5.81. The van der Waals surface area contributed by atoms with Gasteiger partial charge in [-0.2, -0.15) is 0 Å². The van der Waals surface area contributed by atoms with Crippen molar-refractivity contribution in [3.63, 3.8) is 0 Å². The second kappa shape index (κ2) is 7.82. The van der Waals surface area contributed by atoms with Crippen molar-refractivity contribution in [2.75, 3.05) is 20.8 Å². The van der Waals surface area contributed by atoms with Crippen LogP contribution in [0, 0.1) is 0 Å². The predicted octanol–water partition coefficient (Wildman–Crippen LogP) is 1.19. The number of aromatic nitrogens is 2. The van der Waals surface area contributed by atoms with Crippen molar-refractivity contribution in [3.8, 4) is 11.5 Å². The van der Waals surface area contributed by atoms with E-state index in [2.05, 4.69) is 10.6 Å². The Balaban J connectivity index is 1.91. The number of nitrogens with zero attached hydrogens (tertiary/aromatic N) is 1. The molecule has 0 aliphatic rings. The smallest absolute Gasteiger partial charge is 0.431 e. The first kappa shape index (κ1) is 17.1. The van der Waals surface area contributed by atoms with E-state index in [1.807, 2.05) is 32.0 Å². The summed E-state index contributed by atoms with van der Waals surface area (Å²) in [5, 5.41) is 5.88. The molecule has 0 atom stereocenters. The molecule has 0 amide bonds. The molecule has 0 unspecified atom stereocenters. The van der Waals surface area contributed by atoms with Crippen LogP contribution in [-0.4, -0.2) is 26.0 Å². The molecule has 7 nitrogen and oxygen atoms in total. The zero-order valence-electron chi connectivity index (χ0n) is 14.0. The van der Waals surface area contributed by atoms with Crippen LogP contribution in [-0.2, 0) is 13.0 Å². The molecule has 0 saturated heterocycles. The standard InChI is InChI=1S/C16H23N3O4/c1-11(2)19-13(16(20)23-18-19)10-17-8-7-12-5-6-14(21-3)15(9-12)22-4/h5-6,9,11,17H,7-8,10H2,1-4H3/p+1. The van der Waals surface area contributed by atoms with Crippen LogP contribution in [0.1, 0.15) is 31.1 Å². The fourth-order valence-corrected chi connectivity index (χ4v) is 2.35. The number of methoxy groups -OCH3 is 2. The molecule has 0 radical (unpaired) electrons. The van der Waals surface area contributed by atoms with Gasteiger partial charge in [0.05, 0.1) is 20.8 Å². The summed E-state index contributed by atoms with van der Waals surface area (Å²) >= 11 is 0. The van der Waals surface area contributed by atoms with Gasteiger partial charge in [0.25, 0.3) is 0 Å². The van der Waals surface area contributed by atoms with Crippen LogP contribution in [0.5, 0.6) is 11.5 Å². The van der Waals surface area contributed by atoms with E-state index in [9.17, 15) is 4.79 Å². The highest BCUT2D eigenvalue weighted by atomic mass is 16.5. The van der Waals surface area contributed by atoms with Crippen molar-refractivity contribution < 1.29 is 18.7 Å². The molecule has 0 aliphatic carbocycles. The van der Waals surface area contributed by atoms with Gasteiger partial charge in [0.15, 0.2) is 17.5 Å². The van der Waals surface area contributed by atoms with Crippen LogP contribution in [0.3, 0.4) is 0 Å². The first-order valence-corrected chi connectivity index (χ1v) is 7.60. The number of benzene rings is 1. The lowest BCUT2D eigenvalue weighted by atomic mass is 10.1. The van der Waals surface area contributed by atoms with Gasteiger partial charge in [-0.1, -0.05) is 10.7 Å². The molecule has 1 aromatic heterocycles. The van der Waals surface area contributed by atoms with Crippen molar-refractivity contribution in [2.45, 2.75) is 32.9 Å². The molecule has 0 fully saturated rings. The van der Waals surface area contributed by atoms with Gasteiger partial charge in [0.2, 0.25) is 0 Å². The van der Waals surface area contributed by atoms with E-state index in [0.29, 0.717) is 23.7 Å². The summed E-state index contributed by atoms with van der Waals surface area (Å²) in [6.07, 6.45) is 0.817. The molecule has 0 saturated carbocycles. The predicted molar refractivity (Wildman–Crippen MR) is 84.9 cm³/mol. The lowest BCUT2D eigenvalue weighted by Gasteiger charge is -2.09. The van der Waals surface area contributed by atoms with Crippen molar-refractivity contribution in [3.05, 3.63) is 39.9 Å². The average molecular weight is 322 g/mol. The Morgan fingerprint density at radius 3 is 2.65 bits per heavy atom. The number of nitrogens with one attached hydrogen (secondary N) is 2. The summed E-state index contributed by atoms with van der Waals surface area (Å²) in [5.74, 6) is 1.43. The van der Waals surface area contributed by atoms with Gasteiger partial charge in [-0.15, -0.1) is 0 Å². The largest absolute Gasteiger partial charge is 0.493 e. The van der Waals surface area contributed by atoms with Crippen molar-refractivity contribution in [2.24, 2.45) is 0 Å². The fourth-order valence-electron chi connectivity index (χ4n) is 2.35. The summed E-state index contributed by atoms with van der Waals surface area (Å²) < 4.78 is 17.1. The van der Waals surface area contributed by atoms with Crippen LogP contribution >= 0.6 is 0 Å². The molecule has 0 spiro atoms. The molecule has 2 rings (SSSR count). The van der Waals surface area contributed by atoms with E-state index in [1.54, 1.807) is 18.9 Å². The highest BCUT2D eigenvalue weighted by Gasteiger charge is 2.22. The minimum Gasteiger partial charge on any atom is -0.493 e. The van der Waals surface area contributed by atoms with E-state index in [4.69, 9.17) is 14.0 Å². The van der Waals surface area contributed by atoms with Gasteiger partial charge in [-0.3, -0.25) is 4.52 Å². The summed E-state index contributed by atoms with van der Waals surface area (Å²) in [7, 11) is 3.24. The van der Waals surface area contributed by atoms with Crippen LogP contribution in [0.4, 0.5) is 0 Å². The SMILES string of the molecule is COc1ccc(CCNCc2c(=O)o[nH][n+]2C(C)C)cc1OC. The third kappa shape index (κ3) is 4.13. The molecule has 1 aromatic carbocycles. The van der Waals surface area contributed by atoms with Gasteiger partial charge in [-0.05, 0) is 49.8 Å². The molecule has 7 heteroatoms. The van der Waals surface area contributed by atoms with Crippen LogP contribution < -0.4 is 25.1 Å². The Hall–Kier alpha value is -2.28. The van der Waals surface area contributed by atoms with Crippen molar-refractivity contribution in [1.82, 2.24) is 10.6 Å². The fraction of sp³-hybridized carbons (Fsp3) is 0.500. The van der Waals surface area contributed by atoms with E-state index in [1.165, 1.54) is 0 Å². The molecule has 23 heavy (non-hydrogen) atoms. The average Bonchev–Trinajstić information content (AvgIpc) is 2.92. The zero-order valence-corrected chi connectivity index (χ0v) is 14.0. The van der Waals surface area contributed by atoms with Gasteiger partial charge < -0.3 is 14.8 Å². The number of hydrogen-bond donors (Lipinski definition) is 2.